The highest BCUT2D eigenvalue weighted by atomic mass is 15.2. The fourth-order valence-electron chi connectivity index (χ4n) is 2.35. The number of nitrogens with two attached hydrogens (primary N) is 1. The van der Waals surface area contributed by atoms with E-state index in [1.807, 2.05) is 0 Å². The van der Waals surface area contributed by atoms with E-state index in [4.69, 9.17) is 0 Å². The number of nitrogens with zero attached hydrogens (tertiary/aromatic N) is 1. The molecule has 3 rings (SSSR count). The molecule has 0 bridgehead atoms. The number of benzene rings is 2. The van der Waals surface area contributed by atoms with Gasteiger partial charge in [-0.3, -0.25) is 5.32 Å². The summed E-state index contributed by atoms with van der Waals surface area (Å²) in [5, 5.41) is 2.26. The second kappa shape index (κ2) is 3.65. The molecule has 0 aliphatic carbocycles. The summed E-state index contributed by atoms with van der Waals surface area (Å²) in [5.41, 5.74) is 5.23. The highest BCUT2D eigenvalue weighted by Crippen LogP contribution is 2.36. The Morgan fingerprint density at radius 2 is 1.38 bits per heavy atom. The maximum atomic E-state index is 2.37. The van der Waals surface area contributed by atoms with Crippen molar-refractivity contribution in [1.82, 2.24) is 0 Å². The number of rotatable bonds is 1. The van der Waals surface area contributed by atoms with Gasteiger partial charge in [-0.25, -0.2) is 0 Å². The van der Waals surface area contributed by atoms with Gasteiger partial charge in [-0.2, -0.15) is 0 Å². The summed E-state index contributed by atoms with van der Waals surface area (Å²) in [5.74, 6) is 0. The average molecular weight is 211 g/mol. The lowest BCUT2D eigenvalue weighted by Gasteiger charge is -2.29. The first kappa shape index (κ1) is 9.43. The number of quaternary nitrogens is 1. The Labute approximate surface area is 95.5 Å². The zero-order valence-electron chi connectivity index (χ0n) is 9.35. The fourth-order valence-corrected chi connectivity index (χ4v) is 2.35. The Bertz CT molecular complexity index is 474. The van der Waals surface area contributed by atoms with Crippen molar-refractivity contribution in [3.05, 3.63) is 48.5 Å². The van der Waals surface area contributed by atoms with E-state index in [-0.39, 0.29) is 0 Å². The largest absolute Gasteiger partial charge is 0.332 e. The van der Waals surface area contributed by atoms with Gasteiger partial charge in [0.25, 0.3) is 0 Å². The van der Waals surface area contributed by atoms with Crippen molar-refractivity contribution in [3.8, 4) is 0 Å². The Morgan fingerprint density at radius 1 is 0.875 bits per heavy atom. The number of fused-ring (bicyclic) bond motifs is 2. The van der Waals surface area contributed by atoms with Gasteiger partial charge in [0.2, 0.25) is 0 Å². The highest BCUT2D eigenvalue weighted by molar-refractivity contribution is 5.80. The summed E-state index contributed by atoms with van der Waals surface area (Å²) in [4.78, 5) is 2.37. The van der Waals surface area contributed by atoms with Gasteiger partial charge in [0.15, 0.2) is 11.4 Å². The van der Waals surface area contributed by atoms with Crippen LogP contribution >= 0.6 is 0 Å². The van der Waals surface area contributed by atoms with Crippen LogP contribution in [0.15, 0.2) is 48.5 Å². The zero-order valence-corrected chi connectivity index (χ0v) is 9.35. The molecule has 2 aromatic carbocycles. The van der Waals surface area contributed by atoms with Crippen LogP contribution in [0.25, 0.3) is 0 Å². The molecular weight excluding hydrogens is 196 g/mol. The number of para-hydroxylation sites is 4. The standard InChI is InChI=1S/C14H14N2/c1-2-16-13-9-5-3-7-11(13)15-12-8-4-6-10-14(12)16/h3-10,15H,2H2,1H3/p+1. The van der Waals surface area contributed by atoms with E-state index in [0.717, 1.165) is 6.54 Å². The van der Waals surface area contributed by atoms with Crippen molar-refractivity contribution in [3.63, 3.8) is 0 Å². The van der Waals surface area contributed by atoms with Crippen molar-refractivity contribution in [2.45, 2.75) is 6.92 Å². The van der Waals surface area contributed by atoms with Crippen LogP contribution in [0, 0.1) is 0 Å². The minimum atomic E-state index is 1.00. The number of hydrogen-bond acceptors (Lipinski definition) is 1. The van der Waals surface area contributed by atoms with E-state index in [9.17, 15) is 0 Å². The SMILES string of the molecule is CCN1c2ccccc2[NH2+]c2ccccc21. The zero-order chi connectivity index (χ0) is 11.0. The molecule has 0 unspecified atom stereocenters. The molecule has 2 aromatic rings. The summed E-state index contributed by atoms with van der Waals surface area (Å²) in [7, 11) is 0. The lowest BCUT2D eigenvalue weighted by atomic mass is 10.1. The lowest BCUT2D eigenvalue weighted by Crippen LogP contribution is -2.73. The molecule has 2 N–H and O–H groups in total. The molecule has 0 spiro atoms. The molecule has 80 valence electrons. The van der Waals surface area contributed by atoms with Crippen LogP contribution in [0.4, 0.5) is 22.7 Å². The molecule has 2 heteroatoms. The first-order valence-electron chi connectivity index (χ1n) is 5.70. The van der Waals surface area contributed by atoms with E-state index >= 15 is 0 Å². The third-order valence-corrected chi connectivity index (χ3v) is 3.08. The second-order valence-electron chi connectivity index (χ2n) is 4.01. The maximum Gasteiger partial charge on any atom is 0.158 e. The summed E-state index contributed by atoms with van der Waals surface area (Å²) >= 11 is 0. The van der Waals surface area contributed by atoms with Crippen LogP contribution in [0.1, 0.15) is 6.92 Å². The molecule has 0 fully saturated rings. The molecule has 16 heavy (non-hydrogen) atoms. The van der Waals surface area contributed by atoms with Gasteiger partial charge < -0.3 is 4.90 Å². The third-order valence-electron chi connectivity index (χ3n) is 3.08. The van der Waals surface area contributed by atoms with E-state index in [1.54, 1.807) is 0 Å². The van der Waals surface area contributed by atoms with Gasteiger partial charge in [-0.15, -0.1) is 0 Å². The molecule has 0 atom stereocenters. The van der Waals surface area contributed by atoms with Crippen LogP contribution in [0.5, 0.6) is 0 Å². The van der Waals surface area contributed by atoms with Gasteiger partial charge in [0.1, 0.15) is 11.4 Å². The predicted molar refractivity (Wildman–Crippen MR) is 66.8 cm³/mol. The van der Waals surface area contributed by atoms with Crippen molar-refractivity contribution < 1.29 is 5.32 Å². The molecule has 1 aliphatic rings. The monoisotopic (exact) mass is 211 g/mol. The van der Waals surface area contributed by atoms with Crippen LogP contribution in [0.3, 0.4) is 0 Å². The molecule has 0 aromatic heterocycles. The number of anilines is 2. The summed E-state index contributed by atoms with van der Waals surface area (Å²) < 4.78 is 0. The van der Waals surface area contributed by atoms with E-state index < -0.39 is 0 Å². The molecule has 0 radical (unpaired) electrons. The molecule has 0 saturated carbocycles. The first-order valence-corrected chi connectivity index (χ1v) is 5.70. The molecule has 1 heterocycles. The molecular formula is C14H15N2+. The Hall–Kier alpha value is -1.80. The van der Waals surface area contributed by atoms with Crippen molar-refractivity contribution >= 4 is 22.7 Å². The average Bonchev–Trinajstić information content (AvgIpc) is 2.36. The van der Waals surface area contributed by atoms with Crippen LogP contribution < -0.4 is 10.2 Å². The molecule has 0 saturated heterocycles. The Balaban J connectivity index is 2.19. The van der Waals surface area contributed by atoms with Crippen LogP contribution in [-0.2, 0) is 0 Å². The number of hydrogen-bond donors (Lipinski definition) is 1. The van der Waals surface area contributed by atoms with Crippen LogP contribution in [-0.4, -0.2) is 6.54 Å². The van der Waals surface area contributed by atoms with Gasteiger partial charge in [0, 0.05) is 18.7 Å². The minimum absolute atomic E-state index is 1.00. The quantitative estimate of drug-likeness (QED) is 0.719. The van der Waals surface area contributed by atoms with Crippen molar-refractivity contribution in [2.75, 3.05) is 11.4 Å². The lowest BCUT2D eigenvalue weighted by molar-refractivity contribution is -0.478. The first-order chi connectivity index (χ1) is 7.90. The Kier molecular flexibility index (Phi) is 2.15. The predicted octanol–water partition coefficient (Wildman–Crippen LogP) is 2.68. The van der Waals surface area contributed by atoms with Crippen molar-refractivity contribution in [1.29, 1.82) is 0 Å². The third kappa shape index (κ3) is 1.31. The van der Waals surface area contributed by atoms with E-state index in [1.165, 1.54) is 22.7 Å². The van der Waals surface area contributed by atoms with E-state index in [0.29, 0.717) is 0 Å². The van der Waals surface area contributed by atoms with Gasteiger partial charge in [0.05, 0.1) is 0 Å². The summed E-state index contributed by atoms with van der Waals surface area (Å²) in [6, 6.07) is 17.1. The van der Waals surface area contributed by atoms with Gasteiger partial charge >= 0.3 is 0 Å². The molecule has 2 nitrogen and oxygen atoms in total. The van der Waals surface area contributed by atoms with E-state index in [2.05, 4.69) is 65.7 Å². The fraction of sp³-hybridized carbons (Fsp3) is 0.143. The molecule has 1 aliphatic heterocycles. The molecule has 0 amide bonds. The van der Waals surface area contributed by atoms with Gasteiger partial charge in [-0.05, 0) is 19.1 Å². The summed E-state index contributed by atoms with van der Waals surface area (Å²) in [6.07, 6.45) is 0. The van der Waals surface area contributed by atoms with Crippen molar-refractivity contribution in [2.24, 2.45) is 0 Å². The topological polar surface area (TPSA) is 19.9 Å². The normalized spacial score (nSPS) is 13.2. The summed E-state index contributed by atoms with van der Waals surface area (Å²) in [6.45, 7) is 3.20. The van der Waals surface area contributed by atoms with Gasteiger partial charge in [-0.1, -0.05) is 24.3 Å². The second-order valence-corrected chi connectivity index (χ2v) is 4.01. The maximum absolute atomic E-state index is 2.37. The highest BCUT2D eigenvalue weighted by Gasteiger charge is 2.23. The Morgan fingerprint density at radius 3 is 1.88 bits per heavy atom. The smallest absolute Gasteiger partial charge is 0.158 e. The van der Waals surface area contributed by atoms with Crippen LogP contribution in [0.2, 0.25) is 0 Å². The minimum Gasteiger partial charge on any atom is -0.332 e.